The average Bonchev–Trinajstić information content (AvgIpc) is 1.83. The predicted molar refractivity (Wildman–Crippen MR) is 54.4 cm³/mol. The van der Waals surface area contributed by atoms with Crippen molar-refractivity contribution in [2.75, 3.05) is 6.26 Å². The molecule has 0 aliphatic heterocycles. The van der Waals surface area contributed by atoms with Crippen LogP contribution < -0.4 is 0 Å². The lowest BCUT2D eigenvalue weighted by molar-refractivity contribution is 0.0581. The molecule has 2 unspecified atom stereocenters. The summed E-state index contributed by atoms with van der Waals surface area (Å²) in [7, 11) is -3.15. The Morgan fingerprint density at radius 2 is 1.69 bits per heavy atom. The van der Waals surface area contributed by atoms with E-state index >= 15 is 0 Å². The molecule has 0 rings (SSSR count). The van der Waals surface area contributed by atoms with Gasteiger partial charge in [0.2, 0.25) is 0 Å². The van der Waals surface area contributed by atoms with E-state index in [-0.39, 0.29) is 5.41 Å². The molecule has 2 atom stereocenters. The van der Waals surface area contributed by atoms with Gasteiger partial charge in [-0.2, -0.15) is 0 Å². The molecule has 80 valence electrons. The van der Waals surface area contributed by atoms with E-state index < -0.39 is 21.2 Å². The fraction of sp³-hybridized carbons (Fsp3) is 1.00. The van der Waals surface area contributed by atoms with Crippen molar-refractivity contribution in [1.29, 1.82) is 0 Å². The van der Waals surface area contributed by atoms with Crippen LogP contribution in [0.4, 0.5) is 0 Å². The molecule has 1 N–H and O–H groups in total. The molecule has 0 heterocycles. The summed E-state index contributed by atoms with van der Waals surface area (Å²) in [5, 5.41) is 9.16. The van der Waals surface area contributed by atoms with Crippen LogP contribution in [0.5, 0.6) is 0 Å². The molecule has 0 aliphatic rings. The minimum atomic E-state index is -3.15. The van der Waals surface area contributed by atoms with E-state index in [1.54, 1.807) is 6.92 Å². The van der Waals surface area contributed by atoms with Gasteiger partial charge in [0.25, 0.3) is 0 Å². The largest absolute Gasteiger partial charge is 0.391 e. The molecule has 0 aromatic heterocycles. The Labute approximate surface area is 81.1 Å². The molecule has 0 bridgehead atoms. The van der Waals surface area contributed by atoms with Crippen molar-refractivity contribution in [2.24, 2.45) is 5.41 Å². The fourth-order valence-corrected chi connectivity index (χ4v) is 2.80. The molecule has 0 saturated heterocycles. The van der Waals surface area contributed by atoms with E-state index in [2.05, 4.69) is 0 Å². The van der Waals surface area contributed by atoms with Gasteiger partial charge < -0.3 is 5.11 Å². The molecule has 0 radical (unpaired) electrons. The Balaban J connectivity index is 4.82. The Bertz CT molecular complexity index is 249. The van der Waals surface area contributed by atoms with E-state index in [0.29, 0.717) is 6.42 Å². The first kappa shape index (κ1) is 12.9. The van der Waals surface area contributed by atoms with Gasteiger partial charge in [-0.25, -0.2) is 8.42 Å². The molecule has 0 saturated carbocycles. The van der Waals surface area contributed by atoms with Crippen LogP contribution >= 0.6 is 0 Å². The van der Waals surface area contributed by atoms with Crippen LogP contribution in [0, 0.1) is 5.41 Å². The van der Waals surface area contributed by atoms with E-state index in [9.17, 15) is 13.5 Å². The lowest BCUT2D eigenvalue weighted by Gasteiger charge is -2.31. The second-order valence-electron chi connectivity index (χ2n) is 4.59. The highest BCUT2D eigenvalue weighted by Crippen LogP contribution is 2.26. The van der Waals surface area contributed by atoms with Crippen molar-refractivity contribution in [3.63, 3.8) is 0 Å². The number of hydrogen-bond acceptors (Lipinski definition) is 3. The Hall–Kier alpha value is -0.0900. The monoisotopic (exact) mass is 208 g/mol. The zero-order valence-corrected chi connectivity index (χ0v) is 9.85. The summed E-state index contributed by atoms with van der Waals surface area (Å²) in [6.07, 6.45) is 0.834. The maximum absolute atomic E-state index is 11.3. The third-order valence-corrected chi connectivity index (χ3v) is 3.88. The van der Waals surface area contributed by atoms with Gasteiger partial charge in [-0.3, -0.25) is 0 Å². The number of sulfone groups is 1. The van der Waals surface area contributed by atoms with Crippen LogP contribution in [0.2, 0.25) is 0 Å². The normalized spacial score (nSPS) is 18.3. The van der Waals surface area contributed by atoms with Gasteiger partial charge in [-0.05, 0) is 11.8 Å². The molecule has 4 heteroatoms. The number of rotatable bonds is 3. The zero-order valence-electron chi connectivity index (χ0n) is 9.03. The van der Waals surface area contributed by atoms with Crippen LogP contribution in [-0.2, 0) is 9.84 Å². The maximum Gasteiger partial charge on any atom is 0.152 e. The van der Waals surface area contributed by atoms with Crippen molar-refractivity contribution in [2.45, 2.75) is 45.5 Å². The quantitative estimate of drug-likeness (QED) is 0.758. The highest BCUT2D eigenvalue weighted by Gasteiger charge is 2.35. The summed E-state index contributed by atoms with van der Waals surface area (Å²) in [6, 6.07) is 0. The molecule has 0 aliphatic carbocycles. The lowest BCUT2D eigenvalue weighted by atomic mass is 9.86. The van der Waals surface area contributed by atoms with Crippen molar-refractivity contribution >= 4 is 9.84 Å². The van der Waals surface area contributed by atoms with E-state index in [4.69, 9.17) is 0 Å². The zero-order chi connectivity index (χ0) is 10.9. The fourth-order valence-electron chi connectivity index (χ4n) is 1.32. The first-order chi connectivity index (χ1) is 5.60. The molecule has 0 amide bonds. The molecular weight excluding hydrogens is 188 g/mol. The van der Waals surface area contributed by atoms with Gasteiger partial charge in [0.15, 0.2) is 9.84 Å². The summed E-state index contributed by atoms with van der Waals surface area (Å²) in [6.45, 7) is 7.29. The molecule has 0 fully saturated rings. The topological polar surface area (TPSA) is 54.4 Å². The molecular formula is C9H20O3S. The number of hydrogen-bond donors (Lipinski definition) is 1. The summed E-state index contributed by atoms with van der Waals surface area (Å²) in [4.78, 5) is 0. The Morgan fingerprint density at radius 3 is 1.77 bits per heavy atom. The van der Waals surface area contributed by atoms with Crippen LogP contribution in [0.3, 0.4) is 0 Å². The van der Waals surface area contributed by atoms with Crippen LogP contribution in [0.15, 0.2) is 0 Å². The summed E-state index contributed by atoms with van der Waals surface area (Å²) in [5.41, 5.74) is -0.385. The molecule has 0 aromatic carbocycles. The van der Waals surface area contributed by atoms with Gasteiger partial charge in [-0.1, -0.05) is 27.7 Å². The molecule has 0 aromatic rings. The van der Waals surface area contributed by atoms with Crippen LogP contribution in [0.25, 0.3) is 0 Å². The van der Waals surface area contributed by atoms with Crippen LogP contribution in [0.1, 0.15) is 34.1 Å². The van der Waals surface area contributed by atoms with Crippen molar-refractivity contribution < 1.29 is 13.5 Å². The maximum atomic E-state index is 11.3. The second-order valence-corrected chi connectivity index (χ2v) is 6.85. The van der Waals surface area contributed by atoms with Gasteiger partial charge in [0.05, 0.1) is 11.4 Å². The lowest BCUT2D eigenvalue weighted by Crippen LogP contribution is -2.41. The minimum absolute atomic E-state index is 0.385. The van der Waals surface area contributed by atoms with E-state index in [0.717, 1.165) is 0 Å². The summed E-state index contributed by atoms with van der Waals surface area (Å²) in [5.74, 6) is 0. The van der Waals surface area contributed by atoms with E-state index in [1.807, 2.05) is 20.8 Å². The Morgan fingerprint density at radius 1 is 1.31 bits per heavy atom. The first-order valence-electron chi connectivity index (χ1n) is 4.47. The van der Waals surface area contributed by atoms with Crippen molar-refractivity contribution in [3.8, 4) is 0 Å². The molecule has 3 nitrogen and oxygen atoms in total. The highest BCUT2D eigenvalue weighted by atomic mass is 32.2. The minimum Gasteiger partial charge on any atom is -0.391 e. The second kappa shape index (κ2) is 3.96. The van der Waals surface area contributed by atoms with Crippen molar-refractivity contribution in [3.05, 3.63) is 0 Å². The number of aliphatic hydroxyl groups is 1. The van der Waals surface area contributed by atoms with E-state index in [1.165, 1.54) is 6.26 Å². The molecule has 13 heavy (non-hydrogen) atoms. The highest BCUT2D eigenvalue weighted by molar-refractivity contribution is 7.91. The third kappa shape index (κ3) is 3.65. The Kier molecular flexibility index (Phi) is 3.94. The smallest absolute Gasteiger partial charge is 0.152 e. The van der Waals surface area contributed by atoms with Gasteiger partial charge in [0.1, 0.15) is 0 Å². The first-order valence-corrected chi connectivity index (χ1v) is 6.43. The SMILES string of the molecule is CCC(C(O)C(C)(C)C)S(C)(=O)=O. The van der Waals surface area contributed by atoms with Gasteiger partial charge in [0, 0.05) is 6.26 Å². The van der Waals surface area contributed by atoms with Gasteiger partial charge in [-0.15, -0.1) is 0 Å². The van der Waals surface area contributed by atoms with Crippen LogP contribution in [-0.4, -0.2) is 31.1 Å². The average molecular weight is 208 g/mol. The molecule has 0 spiro atoms. The summed E-state index contributed by atoms with van der Waals surface area (Å²) >= 11 is 0. The third-order valence-electron chi connectivity index (χ3n) is 2.19. The van der Waals surface area contributed by atoms with Crippen molar-refractivity contribution in [1.82, 2.24) is 0 Å². The number of aliphatic hydroxyl groups excluding tert-OH is 1. The predicted octanol–water partition coefficient (Wildman–Crippen LogP) is 1.22. The summed E-state index contributed by atoms with van der Waals surface area (Å²) < 4.78 is 22.6. The standard InChI is InChI=1S/C9H20O3S/c1-6-7(13(5,11)12)8(10)9(2,3)4/h7-8,10H,6H2,1-5H3. The van der Waals surface area contributed by atoms with Gasteiger partial charge >= 0.3 is 0 Å².